The molecule has 0 saturated heterocycles. The van der Waals surface area contributed by atoms with Crippen LogP contribution in [0.25, 0.3) is 0 Å². The van der Waals surface area contributed by atoms with E-state index < -0.39 is 5.60 Å². The number of nitrogens with zero attached hydrogens (tertiary/aromatic N) is 1. The molecular formula is C15H32N4O2. The molecule has 0 rings (SSSR count). The predicted molar refractivity (Wildman–Crippen MR) is 87.7 cm³/mol. The summed E-state index contributed by atoms with van der Waals surface area (Å²) in [5, 5.41) is 9.17. The number of alkyl carbamates (subject to hydrolysis) is 1. The van der Waals surface area contributed by atoms with Crippen molar-refractivity contribution in [1.29, 1.82) is 0 Å². The SMILES string of the molecule is CCNC(=NCC(C)C)NCCCNC(=O)OC(C)(C)C. The first-order valence-corrected chi connectivity index (χ1v) is 7.73. The molecule has 0 radical (unpaired) electrons. The van der Waals surface area contributed by atoms with Gasteiger partial charge >= 0.3 is 6.09 Å². The van der Waals surface area contributed by atoms with E-state index in [2.05, 4.69) is 34.8 Å². The molecule has 0 aromatic rings. The van der Waals surface area contributed by atoms with Gasteiger partial charge in [-0.2, -0.15) is 0 Å². The highest BCUT2D eigenvalue weighted by atomic mass is 16.6. The summed E-state index contributed by atoms with van der Waals surface area (Å²) in [4.78, 5) is 15.9. The number of rotatable bonds is 7. The van der Waals surface area contributed by atoms with E-state index in [4.69, 9.17) is 4.74 Å². The molecular weight excluding hydrogens is 268 g/mol. The number of hydrogen-bond acceptors (Lipinski definition) is 3. The first kappa shape index (κ1) is 19.5. The molecule has 1 amide bonds. The first-order valence-electron chi connectivity index (χ1n) is 7.73. The topological polar surface area (TPSA) is 74.8 Å². The summed E-state index contributed by atoms with van der Waals surface area (Å²) < 4.78 is 5.16. The molecule has 21 heavy (non-hydrogen) atoms. The third kappa shape index (κ3) is 13.3. The van der Waals surface area contributed by atoms with Gasteiger partial charge in [0, 0.05) is 26.2 Å². The van der Waals surface area contributed by atoms with Gasteiger partial charge in [-0.05, 0) is 40.0 Å². The largest absolute Gasteiger partial charge is 0.444 e. The van der Waals surface area contributed by atoms with Crippen LogP contribution in [0.15, 0.2) is 4.99 Å². The number of carbonyl (C=O) groups is 1. The van der Waals surface area contributed by atoms with Crippen LogP contribution in [-0.4, -0.2) is 43.8 Å². The number of aliphatic imine (C=N–C) groups is 1. The van der Waals surface area contributed by atoms with Crippen molar-refractivity contribution in [3.05, 3.63) is 0 Å². The van der Waals surface area contributed by atoms with Crippen LogP contribution >= 0.6 is 0 Å². The van der Waals surface area contributed by atoms with E-state index in [9.17, 15) is 4.79 Å². The lowest BCUT2D eigenvalue weighted by Crippen LogP contribution is -2.39. The Hall–Kier alpha value is -1.46. The number of hydrogen-bond donors (Lipinski definition) is 3. The van der Waals surface area contributed by atoms with Gasteiger partial charge in [-0.3, -0.25) is 4.99 Å². The molecule has 124 valence electrons. The highest BCUT2D eigenvalue weighted by Gasteiger charge is 2.15. The van der Waals surface area contributed by atoms with E-state index in [1.165, 1.54) is 0 Å². The monoisotopic (exact) mass is 300 g/mol. The van der Waals surface area contributed by atoms with Gasteiger partial charge < -0.3 is 20.7 Å². The zero-order valence-electron chi connectivity index (χ0n) is 14.4. The van der Waals surface area contributed by atoms with Crippen LogP contribution in [-0.2, 0) is 4.74 Å². The minimum Gasteiger partial charge on any atom is -0.444 e. The van der Waals surface area contributed by atoms with Crippen LogP contribution in [0.3, 0.4) is 0 Å². The maximum atomic E-state index is 11.4. The molecule has 0 aromatic carbocycles. The fraction of sp³-hybridized carbons (Fsp3) is 0.867. The highest BCUT2D eigenvalue weighted by Crippen LogP contribution is 2.06. The van der Waals surface area contributed by atoms with E-state index in [0.717, 1.165) is 32.0 Å². The third-order valence-electron chi connectivity index (χ3n) is 2.27. The number of nitrogens with one attached hydrogen (secondary N) is 3. The highest BCUT2D eigenvalue weighted by molar-refractivity contribution is 5.79. The van der Waals surface area contributed by atoms with Gasteiger partial charge in [-0.1, -0.05) is 13.8 Å². The van der Waals surface area contributed by atoms with Gasteiger partial charge in [0.25, 0.3) is 0 Å². The first-order chi connectivity index (χ1) is 9.74. The smallest absolute Gasteiger partial charge is 0.407 e. The van der Waals surface area contributed by atoms with Gasteiger partial charge in [0.2, 0.25) is 0 Å². The van der Waals surface area contributed by atoms with Crippen molar-refractivity contribution in [1.82, 2.24) is 16.0 Å². The maximum Gasteiger partial charge on any atom is 0.407 e. The lowest BCUT2D eigenvalue weighted by Gasteiger charge is -2.19. The molecule has 3 N–H and O–H groups in total. The van der Waals surface area contributed by atoms with Crippen LogP contribution in [0.5, 0.6) is 0 Å². The Morgan fingerprint density at radius 2 is 1.76 bits per heavy atom. The standard InChI is InChI=1S/C15H32N4O2/c1-7-16-13(19-11-12(2)3)17-9-8-10-18-14(20)21-15(4,5)6/h12H,7-11H2,1-6H3,(H,18,20)(H2,16,17,19). The lowest BCUT2D eigenvalue weighted by molar-refractivity contribution is 0.0527. The quantitative estimate of drug-likeness (QED) is 0.382. The molecule has 0 bridgehead atoms. The minimum absolute atomic E-state index is 0.372. The van der Waals surface area contributed by atoms with Gasteiger partial charge in [-0.25, -0.2) is 4.79 Å². The summed E-state index contributed by atoms with van der Waals surface area (Å²) in [5.74, 6) is 1.36. The van der Waals surface area contributed by atoms with Gasteiger partial charge in [0.15, 0.2) is 5.96 Å². The summed E-state index contributed by atoms with van der Waals surface area (Å²) in [6.07, 6.45) is 0.439. The lowest BCUT2D eigenvalue weighted by atomic mass is 10.2. The van der Waals surface area contributed by atoms with Crippen LogP contribution in [0.1, 0.15) is 48.0 Å². The molecule has 0 unspecified atom stereocenters. The van der Waals surface area contributed by atoms with Crippen molar-refractivity contribution in [2.45, 2.75) is 53.6 Å². The number of guanidine groups is 1. The molecule has 0 aliphatic carbocycles. The molecule has 0 aromatic heterocycles. The van der Waals surface area contributed by atoms with Crippen molar-refractivity contribution in [2.24, 2.45) is 10.9 Å². The van der Waals surface area contributed by atoms with Crippen LogP contribution < -0.4 is 16.0 Å². The van der Waals surface area contributed by atoms with Crippen LogP contribution in [0.2, 0.25) is 0 Å². The second-order valence-corrected chi connectivity index (χ2v) is 6.32. The van der Waals surface area contributed by atoms with E-state index >= 15 is 0 Å². The van der Waals surface area contributed by atoms with Crippen molar-refractivity contribution in [2.75, 3.05) is 26.2 Å². The molecule has 6 heteroatoms. The number of amides is 1. The summed E-state index contributed by atoms with van der Waals surface area (Å²) in [6, 6.07) is 0. The summed E-state index contributed by atoms with van der Waals surface area (Å²) in [7, 11) is 0. The Kier molecular flexibility index (Phi) is 9.58. The van der Waals surface area contributed by atoms with E-state index in [-0.39, 0.29) is 6.09 Å². The Morgan fingerprint density at radius 1 is 1.14 bits per heavy atom. The molecule has 0 spiro atoms. The summed E-state index contributed by atoms with van der Waals surface area (Å²) >= 11 is 0. The van der Waals surface area contributed by atoms with Crippen molar-refractivity contribution in [3.63, 3.8) is 0 Å². The Balaban J connectivity index is 3.85. The third-order valence-corrected chi connectivity index (χ3v) is 2.27. The van der Waals surface area contributed by atoms with E-state index in [0.29, 0.717) is 12.5 Å². The van der Waals surface area contributed by atoms with Crippen molar-refractivity contribution < 1.29 is 9.53 Å². The second-order valence-electron chi connectivity index (χ2n) is 6.32. The van der Waals surface area contributed by atoms with Crippen LogP contribution in [0.4, 0.5) is 4.79 Å². The molecule has 0 aliphatic rings. The normalized spacial score (nSPS) is 12.2. The molecule has 0 heterocycles. The average Bonchev–Trinajstić information content (AvgIpc) is 2.33. The van der Waals surface area contributed by atoms with Gasteiger partial charge in [0.05, 0.1) is 0 Å². The molecule has 0 fully saturated rings. The second kappa shape index (κ2) is 10.3. The Bertz CT molecular complexity index is 322. The summed E-state index contributed by atoms with van der Waals surface area (Å²) in [6.45, 7) is 14.8. The molecule has 6 nitrogen and oxygen atoms in total. The average molecular weight is 300 g/mol. The molecule has 0 atom stereocenters. The summed E-state index contributed by atoms with van der Waals surface area (Å²) in [5.41, 5.74) is -0.454. The van der Waals surface area contributed by atoms with Crippen LogP contribution in [0, 0.1) is 5.92 Å². The number of carbonyl (C=O) groups excluding carboxylic acids is 1. The maximum absolute atomic E-state index is 11.4. The van der Waals surface area contributed by atoms with Gasteiger partial charge in [-0.15, -0.1) is 0 Å². The molecule has 0 aliphatic heterocycles. The number of ether oxygens (including phenoxy) is 1. The molecule has 0 saturated carbocycles. The fourth-order valence-electron chi connectivity index (χ4n) is 1.42. The van der Waals surface area contributed by atoms with Gasteiger partial charge in [0.1, 0.15) is 5.60 Å². The predicted octanol–water partition coefficient (Wildman–Crippen LogP) is 2.11. The van der Waals surface area contributed by atoms with Crippen molar-refractivity contribution >= 4 is 12.1 Å². The van der Waals surface area contributed by atoms with E-state index in [1.54, 1.807) is 0 Å². The minimum atomic E-state index is -0.454. The van der Waals surface area contributed by atoms with E-state index in [1.807, 2.05) is 27.7 Å². The Morgan fingerprint density at radius 3 is 2.29 bits per heavy atom. The fourth-order valence-corrected chi connectivity index (χ4v) is 1.42. The zero-order valence-corrected chi connectivity index (χ0v) is 14.4. The van der Waals surface area contributed by atoms with Crippen molar-refractivity contribution in [3.8, 4) is 0 Å². The zero-order chi connectivity index (χ0) is 16.3. The Labute approximate surface area is 129 Å².